The van der Waals surface area contributed by atoms with E-state index in [1.165, 1.54) is 5.69 Å². The molecule has 1 aliphatic heterocycles. The summed E-state index contributed by atoms with van der Waals surface area (Å²) in [4.78, 5) is 4.82. The van der Waals surface area contributed by atoms with Gasteiger partial charge in [0.1, 0.15) is 0 Å². The molecule has 2 N–H and O–H groups in total. The molecule has 1 aromatic rings. The minimum absolute atomic E-state index is 0.576. The second-order valence-electron chi connectivity index (χ2n) is 4.40. The van der Waals surface area contributed by atoms with Gasteiger partial charge in [-0.25, -0.2) is 0 Å². The summed E-state index contributed by atoms with van der Waals surface area (Å²) in [5.41, 5.74) is 7.80. The number of nitrogens with zero attached hydrogens (tertiary/aromatic N) is 2. The zero-order chi connectivity index (χ0) is 10.8. The number of piperazine rings is 1. The van der Waals surface area contributed by atoms with Crippen LogP contribution in [0.15, 0.2) is 24.3 Å². The quantitative estimate of drug-likeness (QED) is 0.704. The summed E-state index contributed by atoms with van der Waals surface area (Å²) in [6.45, 7) is 5.63. The van der Waals surface area contributed by atoms with E-state index in [9.17, 15) is 0 Å². The van der Waals surface area contributed by atoms with Crippen LogP contribution < -0.4 is 10.6 Å². The van der Waals surface area contributed by atoms with Gasteiger partial charge in [0.2, 0.25) is 0 Å². The Bertz CT molecular complexity index is 320. The fourth-order valence-electron chi connectivity index (χ4n) is 2.19. The lowest BCUT2D eigenvalue weighted by atomic mass is 10.1. The maximum absolute atomic E-state index is 5.69. The number of nitrogen functional groups attached to an aromatic ring is 1. The average molecular weight is 205 g/mol. The van der Waals surface area contributed by atoms with Crippen LogP contribution in [0.2, 0.25) is 0 Å². The molecule has 82 valence electrons. The van der Waals surface area contributed by atoms with Crippen molar-refractivity contribution in [3.8, 4) is 0 Å². The minimum atomic E-state index is 0.576. The van der Waals surface area contributed by atoms with E-state index < -0.39 is 0 Å². The molecular formula is C12H19N3. The van der Waals surface area contributed by atoms with Gasteiger partial charge in [0.05, 0.1) is 0 Å². The Morgan fingerprint density at radius 1 is 1.20 bits per heavy atom. The van der Waals surface area contributed by atoms with Gasteiger partial charge in [-0.2, -0.15) is 0 Å². The number of hydrogen-bond donors (Lipinski definition) is 1. The molecule has 1 heterocycles. The third kappa shape index (κ3) is 2.23. The van der Waals surface area contributed by atoms with Gasteiger partial charge >= 0.3 is 0 Å². The van der Waals surface area contributed by atoms with Crippen LogP contribution in [-0.2, 0) is 0 Å². The van der Waals surface area contributed by atoms with E-state index in [2.05, 4.69) is 35.9 Å². The van der Waals surface area contributed by atoms with Crippen LogP contribution in [0.4, 0.5) is 11.4 Å². The molecule has 0 aromatic heterocycles. The Labute approximate surface area is 91.5 Å². The van der Waals surface area contributed by atoms with Gasteiger partial charge in [-0.15, -0.1) is 0 Å². The molecule has 1 fully saturated rings. The molecule has 0 unspecified atom stereocenters. The fourth-order valence-corrected chi connectivity index (χ4v) is 2.19. The molecule has 3 heteroatoms. The lowest BCUT2D eigenvalue weighted by Gasteiger charge is -2.39. The first-order valence-corrected chi connectivity index (χ1v) is 5.47. The second-order valence-corrected chi connectivity index (χ2v) is 4.40. The smallest absolute Gasteiger partial charge is 0.0389 e. The molecule has 1 aromatic carbocycles. The Hall–Kier alpha value is -1.22. The van der Waals surface area contributed by atoms with Crippen molar-refractivity contribution >= 4 is 11.4 Å². The highest BCUT2D eigenvalue weighted by Crippen LogP contribution is 2.21. The molecule has 0 spiro atoms. The zero-order valence-corrected chi connectivity index (χ0v) is 9.48. The summed E-state index contributed by atoms with van der Waals surface area (Å²) in [6.07, 6.45) is 0. The molecule has 3 nitrogen and oxygen atoms in total. The van der Waals surface area contributed by atoms with Gasteiger partial charge in [-0.05, 0) is 38.2 Å². The van der Waals surface area contributed by atoms with Gasteiger partial charge in [-0.1, -0.05) is 0 Å². The van der Waals surface area contributed by atoms with Crippen LogP contribution >= 0.6 is 0 Å². The molecule has 1 aliphatic rings. The SMILES string of the molecule is C[C@H]1CN(C)CCN1c1ccc(N)cc1. The van der Waals surface area contributed by atoms with E-state index in [0.717, 1.165) is 25.3 Å². The van der Waals surface area contributed by atoms with Crippen molar-refractivity contribution in [3.63, 3.8) is 0 Å². The van der Waals surface area contributed by atoms with Crippen LogP contribution in [0.25, 0.3) is 0 Å². The first-order chi connectivity index (χ1) is 7.16. The highest BCUT2D eigenvalue weighted by molar-refractivity contribution is 5.54. The Balaban J connectivity index is 2.13. The van der Waals surface area contributed by atoms with Crippen LogP contribution in [-0.4, -0.2) is 37.6 Å². The topological polar surface area (TPSA) is 32.5 Å². The molecule has 1 atom stereocenters. The van der Waals surface area contributed by atoms with Crippen LogP contribution in [0, 0.1) is 0 Å². The Morgan fingerprint density at radius 2 is 1.87 bits per heavy atom. The molecule has 0 radical (unpaired) electrons. The van der Waals surface area contributed by atoms with Gasteiger partial charge in [0.15, 0.2) is 0 Å². The lowest BCUT2D eigenvalue weighted by molar-refractivity contribution is 0.275. The summed E-state index contributed by atoms with van der Waals surface area (Å²) < 4.78 is 0. The first-order valence-electron chi connectivity index (χ1n) is 5.47. The van der Waals surface area contributed by atoms with Crippen molar-refractivity contribution in [2.45, 2.75) is 13.0 Å². The summed E-state index contributed by atoms with van der Waals surface area (Å²) in [6, 6.07) is 8.74. The molecule has 0 bridgehead atoms. The third-order valence-electron chi connectivity index (χ3n) is 3.06. The van der Waals surface area contributed by atoms with Crippen molar-refractivity contribution in [2.24, 2.45) is 0 Å². The highest BCUT2D eigenvalue weighted by atomic mass is 15.3. The first kappa shape index (κ1) is 10.3. The van der Waals surface area contributed by atoms with Crippen LogP contribution in [0.5, 0.6) is 0 Å². The van der Waals surface area contributed by atoms with Gasteiger partial charge in [0, 0.05) is 37.1 Å². The number of anilines is 2. The average Bonchev–Trinajstić information content (AvgIpc) is 2.20. The van der Waals surface area contributed by atoms with Crippen molar-refractivity contribution < 1.29 is 0 Å². The third-order valence-corrected chi connectivity index (χ3v) is 3.06. The van der Waals surface area contributed by atoms with Crippen molar-refractivity contribution in [2.75, 3.05) is 37.3 Å². The second kappa shape index (κ2) is 4.11. The van der Waals surface area contributed by atoms with E-state index in [4.69, 9.17) is 5.73 Å². The Kier molecular flexibility index (Phi) is 2.82. The van der Waals surface area contributed by atoms with E-state index in [-0.39, 0.29) is 0 Å². The predicted molar refractivity (Wildman–Crippen MR) is 65.2 cm³/mol. The van der Waals surface area contributed by atoms with Gasteiger partial charge < -0.3 is 15.5 Å². The molecule has 1 saturated heterocycles. The molecule has 15 heavy (non-hydrogen) atoms. The maximum Gasteiger partial charge on any atom is 0.0389 e. The minimum Gasteiger partial charge on any atom is -0.399 e. The van der Waals surface area contributed by atoms with Crippen LogP contribution in [0.3, 0.4) is 0 Å². The number of likely N-dealkylation sites (N-methyl/N-ethyl adjacent to an activating group) is 1. The number of nitrogens with two attached hydrogens (primary N) is 1. The number of rotatable bonds is 1. The molecule has 2 rings (SSSR count). The fraction of sp³-hybridized carbons (Fsp3) is 0.500. The van der Waals surface area contributed by atoms with E-state index in [1.807, 2.05) is 12.1 Å². The summed E-state index contributed by atoms with van der Waals surface area (Å²) in [5, 5.41) is 0. The maximum atomic E-state index is 5.69. The summed E-state index contributed by atoms with van der Waals surface area (Å²) in [5.74, 6) is 0. The van der Waals surface area contributed by atoms with E-state index in [0.29, 0.717) is 6.04 Å². The predicted octanol–water partition coefficient (Wildman–Crippen LogP) is 1.41. The normalized spacial score (nSPS) is 23.1. The summed E-state index contributed by atoms with van der Waals surface area (Å²) in [7, 11) is 2.18. The van der Waals surface area contributed by atoms with Crippen molar-refractivity contribution in [3.05, 3.63) is 24.3 Å². The van der Waals surface area contributed by atoms with Gasteiger partial charge in [0.25, 0.3) is 0 Å². The largest absolute Gasteiger partial charge is 0.399 e. The van der Waals surface area contributed by atoms with Crippen molar-refractivity contribution in [1.82, 2.24) is 4.90 Å². The molecule has 0 amide bonds. The summed E-state index contributed by atoms with van der Waals surface area (Å²) >= 11 is 0. The van der Waals surface area contributed by atoms with Gasteiger partial charge in [-0.3, -0.25) is 0 Å². The molecule has 0 aliphatic carbocycles. The monoisotopic (exact) mass is 205 g/mol. The molecular weight excluding hydrogens is 186 g/mol. The lowest BCUT2D eigenvalue weighted by Crippen LogP contribution is -2.50. The molecule has 0 saturated carbocycles. The van der Waals surface area contributed by atoms with Crippen LogP contribution in [0.1, 0.15) is 6.92 Å². The number of hydrogen-bond acceptors (Lipinski definition) is 3. The van der Waals surface area contributed by atoms with E-state index >= 15 is 0 Å². The highest BCUT2D eigenvalue weighted by Gasteiger charge is 2.21. The zero-order valence-electron chi connectivity index (χ0n) is 9.48. The Morgan fingerprint density at radius 3 is 2.47 bits per heavy atom. The van der Waals surface area contributed by atoms with Crippen molar-refractivity contribution in [1.29, 1.82) is 0 Å². The number of benzene rings is 1. The standard InChI is InChI=1S/C12H19N3/c1-10-9-14(2)7-8-15(10)12-5-3-11(13)4-6-12/h3-6,10H,7-9,13H2,1-2H3/t10-/m0/s1. The van der Waals surface area contributed by atoms with E-state index in [1.54, 1.807) is 0 Å².